The fourth-order valence-electron chi connectivity index (χ4n) is 3.02. The van der Waals surface area contributed by atoms with Crippen LogP contribution in [0.3, 0.4) is 0 Å². The van der Waals surface area contributed by atoms with Gasteiger partial charge in [0.25, 0.3) is 0 Å². The Bertz CT molecular complexity index is 816. The summed E-state index contributed by atoms with van der Waals surface area (Å²) in [5.41, 5.74) is 2.44. The van der Waals surface area contributed by atoms with Crippen LogP contribution in [0.15, 0.2) is 66.9 Å². The topological polar surface area (TPSA) is 64.2 Å². The van der Waals surface area contributed by atoms with Gasteiger partial charge in [0.1, 0.15) is 12.7 Å². The first-order valence-corrected chi connectivity index (χ1v) is 8.60. The predicted molar refractivity (Wildman–Crippen MR) is 115 cm³/mol. The van der Waals surface area contributed by atoms with E-state index in [0.717, 1.165) is 13.1 Å². The molecule has 0 aliphatic carbocycles. The molecule has 0 atom stereocenters. The van der Waals surface area contributed by atoms with Gasteiger partial charge in [-0.1, -0.05) is 60.7 Å². The Kier molecular flexibility index (Phi) is 9.65. The van der Waals surface area contributed by atoms with Gasteiger partial charge in [-0.2, -0.15) is 0 Å². The second kappa shape index (κ2) is 11.4. The van der Waals surface area contributed by atoms with E-state index in [9.17, 15) is 10.1 Å². The maximum Gasteiger partial charge on any atom is 0.342 e. The van der Waals surface area contributed by atoms with Crippen LogP contribution in [-0.2, 0) is 19.6 Å². The number of nitrogens with zero attached hydrogens (tertiary/aromatic N) is 4. The molecule has 28 heavy (non-hydrogen) atoms. The van der Waals surface area contributed by atoms with Crippen molar-refractivity contribution in [1.29, 1.82) is 0 Å². The van der Waals surface area contributed by atoms with Crippen molar-refractivity contribution in [3.8, 4) is 0 Å². The highest BCUT2D eigenvalue weighted by Crippen LogP contribution is 2.15. The highest BCUT2D eigenvalue weighted by molar-refractivity contribution is 5.85. The molecule has 0 bridgehead atoms. The normalized spacial score (nSPS) is 10.2. The van der Waals surface area contributed by atoms with Crippen LogP contribution < -0.4 is 0 Å². The average molecular weight is 423 g/mol. The minimum Gasteiger partial charge on any atom is -0.358 e. The van der Waals surface area contributed by atoms with Crippen LogP contribution in [-0.4, -0.2) is 25.9 Å². The molecular formula is C20H24Cl2N4O2. The molecule has 6 nitrogen and oxygen atoms in total. The van der Waals surface area contributed by atoms with Gasteiger partial charge in [-0.05, 0) is 16.1 Å². The van der Waals surface area contributed by atoms with E-state index in [1.807, 2.05) is 36.4 Å². The van der Waals surface area contributed by atoms with Gasteiger partial charge < -0.3 is 10.1 Å². The van der Waals surface area contributed by atoms with Crippen LogP contribution >= 0.6 is 24.8 Å². The van der Waals surface area contributed by atoms with Gasteiger partial charge in [-0.3, -0.25) is 4.90 Å². The third-order valence-corrected chi connectivity index (χ3v) is 4.36. The van der Waals surface area contributed by atoms with Crippen molar-refractivity contribution < 1.29 is 4.92 Å². The lowest BCUT2D eigenvalue weighted by atomic mass is 10.1. The third kappa shape index (κ3) is 6.34. The minimum absolute atomic E-state index is 0. The lowest BCUT2D eigenvalue weighted by molar-refractivity contribution is -0.392. The van der Waals surface area contributed by atoms with Crippen molar-refractivity contribution in [3.05, 3.63) is 93.9 Å². The molecule has 2 aromatic carbocycles. The maximum atomic E-state index is 11.2. The van der Waals surface area contributed by atoms with Crippen LogP contribution in [0, 0.1) is 17.0 Å². The molecule has 0 saturated heterocycles. The minimum atomic E-state index is -0.376. The van der Waals surface area contributed by atoms with E-state index in [-0.39, 0.29) is 35.6 Å². The van der Waals surface area contributed by atoms with E-state index in [4.69, 9.17) is 0 Å². The first-order valence-electron chi connectivity index (χ1n) is 8.60. The average Bonchev–Trinajstić information content (AvgIpc) is 3.02. The molecule has 1 heterocycles. The smallest absolute Gasteiger partial charge is 0.342 e. The van der Waals surface area contributed by atoms with Crippen LogP contribution in [0.1, 0.15) is 17.0 Å². The molecule has 3 rings (SSSR count). The third-order valence-electron chi connectivity index (χ3n) is 4.36. The monoisotopic (exact) mass is 422 g/mol. The van der Waals surface area contributed by atoms with E-state index in [2.05, 4.69) is 34.1 Å². The Balaban J connectivity index is 0.00000196. The van der Waals surface area contributed by atoms with Crippen LogP contribution in [0.4, 0.5) is 5.82 Å². The first-order chi connectivity index (χ1) is 12.6. The van der Waals surface area contributed by atoms with Gasteiger partial charge >= 0.3 is 5.82 Å². The predicted octanol–water partition coefficient (Wildman–Crippen LogP) is 4.65. The molecular weight excluding hydrogens is 399 g/mol. The highest BCUT2D eigenvalue weighted by atomic mass is 35.5. The first kappa shape index (κ1) is 23.6. The number of halogens is 2. The zero-order valence-electron chi connectivity index (χ0n) is 15.6. The second-order valence-electron chi connectivity index (χ2n) is 6.25. The molecule has 150 valence electrons. The number of aromatic nitrogens is 2. The molecule has 0 radical (unpaired) electrons. The van der Waals surface area contributed by atoms with Gasteiger partial charge in [0.15, 0.2) is 5.82 Å². The summed E-state index contributed by atoms with van der Waals surface area (Å²) in [5, 5.41) is 11.2. The summed E-state index contributed by atoms with van der Waals surface area (Å²) in [6.07, 6.45) is 1.33. The van der Waals surface area contributed by atoms with Crippen molar-refractivity contribution in [2.24, 2.45) is 0 Å². The Hall–Kier alpha value is -2.41. The second-order valence-corrected chi connectivity index (χ2v) is 6.25. The molecule has 0 spiro atoms. The van der Waals surface area contributed by atoms with Gasteiger partial charge in [-0.25, -0.2) is 9.55 Å². The van der Waals surface area contributed by atoms with Crippen LogP contribution in [0.5, 0.6) is 0 Å². The Labute approximate surface area is 177 Å². The standard InChI is InChI=1S/C20H22N4O2.2ClH/c1-17-21-14-20(24(25)26)23(17)13-12-22(15-18-8-4-2-5-9-18)16-19-10-6-3-7-11-19;;/h2-11,14H,12-13,15-16H2,1H3;2*1H. The molecule has 0 aliphatic heterocycles. The maximum absolute atomic E-state index is 11.2. The summed E-state index contributed by atoms with van der Waals surface area (Å²) in [6.45, 7) is 4.60. The van der Waals surface area contributed by atoms with E-state index in [0.29, 0.717) is 18.9 Å². The molecule has 0 aliphatic rings. The zero-order chi connectivity index (χ0) is 18.4. The molecule has 0 N–H and O–H groups in total. The van der Waals surface area contributed by atoms with E-state index in [1.54, 1.807) is 11.5 Å². The van der Waals surface area contributed by atoms with Crippen molar-refractivity contribution in [1.82, 2.24) is 14.5 Å². The Morgan fingerprint density at radius 1 is 0.964 bits per heavy atom. The lowest BCUT2D eigenvalue weighted by Crippen LogP contribution is -2.27. The zero-order valence-corrected chi connectivity index (χ0v) is 17.2. The fraction of sp³-hybridized carbons (Fsp3) is 0.250. The van der Waals surface area contributed by atoms with Crippen LogP contribution in [0.25, 0.3) is 0 Å². The van der Waals surface area contributed by atoms with E-state index >= 15 is 0 Å². The number of nitro groups is 1. The van der Waals surface area contributed by atoms with Crippen LogP contribution in [0.2, 0.25) is 0 Å². The van der Waals surface area contributed by atoms with Crippen molar-refractivity contribution in [3.63, 3.8) is 0 Å². The summed E-state index contributed by atoms with van der Waals surface area (Å²) >= 11 is 0. The summed E-state index contributed by atoms with van der Waals surface area (Å²) in [5.74, 6) is 0.706. The van der Waals surface area contributed by atoms with Gasteiger partial charge in [0.05, 0.1) is 0 Å². The van der Waals surface area contributed by atoms with E-state index < -0.39 is 0 Å². The largest absolute Gasteiger partial charge is 0.358 e. The van der Waals surface area contributed by atoms with Gasteiger partial charge in [-0.15, -0.1) is 24.8 Å². The van der Waals surface area contributed by atoms with Gasteiger partial charge in [0, 0.05) is 26.6 Å². The SMILES string of the molecule is Cc1ncc([N+](=O)[O-])n1CCN(Cc1ccccc1)Cc1ccccc1.Cl.Cl. The number of imidazole rings is 1. The quantitative estimate of drug-likeness (QED) is 0.391. The molecule has 0 amide bonds. The number of rotatable bonds is 8. The summed E-state index contributed by atoms with van der Waals surface area (Å²) in [7, 11) is 0. The Morgan fingerprint density at radius 2 is 1.46 bits per heavy atom. The Morgan fingerprint density at radius 3 is 1.93 bits per heavy atom. The summed E-state index contributed by atoms with van der Waals surface area (Å²) < 4.78 is 1.67. The van der Waals surface area contributed by atoms with Gasteiger partial charge in [0.2, 0.25) is 0 Å². The number of benzene rings is 2. The summed E-state index contributed by atoms with van der Waals surface area (Å²) in [6, 6.07) is 20.5. The van der Waals surface area contributed by atoms with E-state index in [1.165, 1.54) is 17.3 Å². The molecule has 0 unspecified atom stereocenters. The molecule has 0 saturated carbocycles. The molecule has 1 aromatic heterocycles. The molecule has 8 heteroatoms. The number of aryl methyl sites for hydroxylation is 1. The molecule has 0 fully saturated rings. The number of hydrogen-bond acceptors (Lipinski definition) is 4. The summed E-state index contributed by atoms with van der Waals surface area (Å²) in [4.78, 5) is 17.2. The highest BCUT2D eigenvalue weighted by Gasteiger charge is 2.18. The number of hydrogen-bond donors (Lipinski definition) is 0. The van der Waals surface area contributed by atoms with Crippen molar-refractivity contribution in [2.75, 3.05) is 6.54 Å². The fourth-order valence-corrected chi connectivity index (χ4v) is 3.02. The molecule has 3 aromatic rings. The van der Waals surface area contributed by atoms with Crippen molar-refractivity contribution in [2.45, 2.75) is 26.6 Å². The van der Waals surface area contributed by atoms with Crippen molar-refractivity contribution >= 4 is 30.6 Å². The lowest BCUT2D eigenvalue weighted by Gasteiger charge is -2.22.